The molecule has 1 heterocycles. The summed E-state index contributed by atoms with van der Waals surface area (Å²) in [4.78, 5) is 0. The third-order valence-electron chi connectivity index (χ3n) is 2.09. The predicted molar refractivity (Wildman–Crippen MR) is 62.6 cm³/mol. The Balaban J connectivity index is 2.30. The van der Waals surface area contributed by atoms with Gasteiger partial charge in [0, 0.05) is 11.1 Å². The lowest BCUT2D eigenvalue weighted by atomic mass is 10.2. The molecule has 2 aromatic rings. The highest BCUT2D eigenvalue weighted by Gasteiger charge is 2.18. The molecule has 0 N–H and O–H groups in total. The minimum atomic E-state index is -0.0201. The van der Waals surface area contributed by atoms with Crippen LogP contribution >= 0.6 is 22.9 Å². The summed E-state index contributed by atoms with van der Waals surface area (Å²) in [5, 5.41) is 3.05. The standard InChI is InChI=1S/C12H11ClIS/c1-8-6-10(7-9(2)12(8)13)14-11-4-3-5-15-11/h3-7H,1-2H3/q+1. The van der Waals surface area contributed by atoms with Crippen molar-refractivity contribution in [2.75, 3.05) is 0 Å². The Morgan fingerprint density at radius 3 is 2.40 bits per heavy atom. The molecule has 0 aliphatic rings. The molecule has 0 saturated heterocycles. The van der Waals surface area contributed by atoms with Crippen LogP contribution in [0.4, 0.5) is 0 Å². The van der Waals surface area contributed by atoms with Gasteiger partial charge in [-0.25, -0.2) is 0 Å². The third-order valence-corrected chi connectivity index (χ3v) is 6.76. The SMILES string of the molecule is Cc1cc([I+]c2cccs2)cc(C)c1Cl. The molecule has 0 atom stereocenters. The second kappa shape index (κ2) is 4.85. The summed E-state index contributed by atoms with van der Waals surface area (Å²) >= 11 is 7.98. The van der Waals surface area contributed by atoms with E-state index in [1.165, 1.54) is 17.6 Å². The molecular formula is C12H11ClIS+. The molecule has 0 amide bonds. The van der Waals surface area contributed by atoms with Gasteiger partial charge in [0.2, 0.25) is 2.88 Å². The van der Waals surface area contributed by atoms with E-state index in [9.17, 15) is 0 Å². The van der Waals surface area contributed by atoms with Crippen LogP contribution < -0.4 is 21.2 Å². The van der Waals surface area contributed by atoms with E-state index >= 15 is 0 Å². The van der Waals surface area contributed by atoms with Crippen molar-refractivity contribution in [2.45, 2.75) is 13.8 Å². The molecule has 0 spiro atoms. The summed E-state index contributed by atoms with van der Waals surface area (Å²) < 4.78 is 2.96. The summed E-state index contributed by atoms with van der Waals surface area (Å²) in [5.74, 6) is 0. The maximum atomic E-state index is 6.15. The molecule has 1 aromatic heterocycles. The number of hydrogen-bond donors (Lipinski definition) is 0. The summed E-state index contributed by atoms with van der Waals surface area (Å²) in [6.45, 7) is 4.16. The van der Waals surface area contributed by atoms with Crippen LogP contribution in [0.1, 0.15) is 11.1 Å². The van der Waals surface area contributed by atoms with Crippen LogP contribution in [0.25, 0.3) is 0 Å². The van der Waals surface area contributed by atoms with Gasteiger partial charge in [-0.1, -0.05) is 22.9 Å². The molecule has 0 aliphatic heterocycles. The van der Waals surface area contributed by atoms with Crippen molar-refractivity contribution in [3.8, 4) is 0 Å². The summed E-state index contributed by atoms with van der Waals surface area (Å²) in [6.07, 6.45) is 0. The van der Waals surface area contributed by atoms with Gasteiger partial charge in [-0.2, -0.15) is 0 Å². The van der Waals surface area contributed by atoms with E-state index in [1.807, 2.05) is 11.3 Å². The largest absolute Gasteiger partial charge is 0.369 e. The first-order chi connectivity index (χ1) is 7.16. The predicted octanol–water partition coefficient (Wildman–Crippen LogP) is 1.15. The minimum Gasteiger partial charge on any atom is -0.0963 e. The second-order valence-corrected chi connectivity index (χ2v) is 8.37. The van der Waals surface area contributed by atoms with Gasteiger partial charge in [-0.3, -0.25) is 0 Å². The Morgan fingerprint density at radius 1 is 1.20 bits per heavy atom. The highest BCUT2D eigenvalue weighted by Crippen LogP contribution is 2.18. The van der Waals surface area contributed by atoms with E-state index in [4.69, 9.17) is 11.6 Å². The zero-order valence-electron chi connectivity index (χ0n) is 8.55. The maximum absolute atomic E-state index is 6.15. The molecule has 2 rings (SSSR count). The van der Waals surface area contributed by atoms with Gasteiger partial charge in [0.15, 0.2) is 3.57 Å². The van der Waals surface area contributed by atoms with Crippen molar-refractivity contribution in [1.29, 1.82) is 0 Å². The maximum Gasteiger partial charge on any atom is 0.369 e. The Bertz CT molecular complexity index is 439. The number of aryl methyl sites for hydroxylation is 2. The first-order valence-electron chi connectivity index (χ1n) is 4.62. The van der Waals surface area contributed by atoms with Crippen molar-refractivity contribution in [1.82, 2.24) is 0 Å². The quantitative estimate of drug-likeness (QED) is 0.714. The minimum absolute atomic E-state index is 0.0201. The van der Waals surface area contributed by atoms with Crippen LogP contribution in [0, 0.1) is 20.3 Å². The zero-order chi connectivity index (χ0) is 10.8. The van der Waals surface area contributed by atoms with E-state index < -0.39 is 0 Å². The van der Waals surface area contributed by atoms with E-state index in [-0.39, 0.29) is 21.2 Å². The molecule has 3 heteroatoms. The monoisotopic (exact) mass is 349 g/mol. The Hall–Kier alpha value is -0.0600. The molecule has 0 nitrogen and oxygen atoms in total. The van der Waals surface area contributed by atoms with Crippen LogP contribution in [0.2, 0.25) is 5.02 Å². The molecule has 0 bridgehead atoms. The first kappa shape index (κ1) is 11.4. The lowest BCUT2D eigenvalue weighted by Crippen LogP contribution is -3.61. The Labute approximate surface area is 110 Å². The Morgan fingerprint density at radius 2 is 1.87 bits per heavy atom. The topological polar surface area (TPSA) is 0 Å². The normalized spacial score (nSPS) is 10.6. The number of benzene rings is 1. The van der Waals surface area contributed by atoms with Crippen LogP contribution in [0.3, 0.4) is 0 Å². The fourth-order valence-electron chi connectivity index (χ4n) is 1.37. The highest BCUT2D eigenvalue weighted by molar-refractivity contribution is 7.07. The number of halogens is 2. The van der Waals surface area contributed by atoms with Crippen molar-refractivity contribution in [2.24, 2.45) is 0 Å². The number of hydrogen-bond acceptors (Lipinski definition) is 1. The van der Waals surface area contributed by atoms with Crippen molar-refractivity contribution >= 4 is 22.9 Å². The summed E-state index contributed by atoms with van der Waals surface area (Å²) in [6, 6.07) is 8.79. The molecule has 15 heavy (non-hydrogen) atoms. The van der Waals surface area contributed by atoms with Crippen LogP contribution in [-0.2, 0) is 0 Å². The highest BCUT2D eigenvalue weighted by atomic mass is 127. The number of thiophene rings is 1. The lowest BCUT2D eigenvalue weighted by Gasteiger charge is -1.99. The molecule has 0 radical (unpaired) electrons. The van der Waals surface area contributed by atoms with Crippen LogP contribution in [0.15, 0.2) is 29.6 Å². The van der Waals surface area contributed by atoms with Gasteiger partial charge in [-0.05, 0) is 48.6 Å². The van der Waals surface area contributed by atoms with E-state index in [2.05, 4.69) is 43.5 Å². The fraction of sp³-hybridized carbons (Fsp3) is 0.167. The first-order valence-corrected chi connectivity index (χ1v) is 8.03. The van der Waals surface area contributed by atoms with Crippen LogP contribution in [-0.4, -0.2) is 0 Å². The molecule has 0 fully saturated rings. The smallest absolute Gasteiger partial charge is 0.0963 e. The summed E-state index contributed by atoms with van der Waals surface area (Å²) in [7, 11) is 0. The second-order valence-electron chi connectivity index (χ2n) is 3.37. The van der Waals surface area contributed by atoms with Gasteiger partial charge < -0.3 is 0 Å². The average Bonchev–Trinajstić information content (AvgIpc) is 2.66. The van der Waals surface area contributed by atoms with Gasteiger partial charge in [0.05, 0.1) is 0 Å². The van der Waals surface area contributed by atoms with Crippen LogP contribution in [0.5, 0.6) is 0 Å². The van der Waals surface area contributed by atoms with Gasteiger partial charge in [0.1, 0.15) is 0 Å². The van der Waals surface area contributed by atoms with Crippen molar-refractivity contribution in [3.63, 3.8) is 0 Å². The van der Waals surface area contributed by atoms with Gasteiger partial charge in [-0.15, -0.1) is 0 Å². The summed E-state index contributed by atoms with van der Waals surface area (Å²) in [5.41, 5.74) is 2.39. The Kier molecular flexibility index (Phi) is 3.69. The average molecular weight is 350 g/mol. The zero-order valence-corrected chi connectivity index (χ0v) is 12.3. The third kappa shape index (κ3) is 2.74. The van der Waals surface area contributed by atoms with Crippen molar-refractivity contribution < 1.29 is 21.2 Å². The lowest BCUT2D eigenvalue weighted by molar-refractivity contribution is -0.591. The van der Waals surface area contributed by atoms with Gasteiger partial charge in [0.25, 0.3) is 0 Å². The number of rotatable bonds is 2. The molecular weight excluding hydrogens is 339 g/mol. The van der Waals surface area contributed by atoms with Crippen molar-refractivity contribution in [3.05, 3.63) is 52.2 Å². The van der Waals surface area contributed by atoms with E-state index in [1.54, 1.807) is 0 Å². The van der Waals surface area contributed by atoms with E-state index in [0.29, 0.717) is 0 Å². The molecule has 0 saturated carbocycles. The molecule has 0 unspecified atom stereocenters. The fourth-order valence-corrected chi connectivity index (χ4v) is 5.63. The van der Waals surface area contributed by atoms with E-state index in [0.717, 1.165) is 5.02 Å². The molecule has 78 valence electrons. The molecule has 0 aliphatic carbocycles. The van der Waals surface area contributed by atoms with Gasteiger partial charge >= 0.3 is 21.2 Å². The molecule has 1 aromatic carbocycles.